The van der Waals surface area contributed by atoms with E-state index in [0.29, 0.717) is 5.56 Å². The molecule has 2 unspecified atom stereocenters. The Morgan fingerprint density at radius 1 is 1.20 bits per heavy atom. The van der Waals surface area contributed by atoms with Gasteiger partial charge in [-0.1, -0.05) is 30.3 Å². The van der Waals surface area contributed by atoms with E-state index in [9.17, 15) is 19.0 Å². The third-order valence-corrected chi connectivity index (χ3v) is 3.76. The van der Waals surface area contributed by atoms with Gasteiger partial charge in [-0.25, -0.2) is 4.79 Å². The first kappa shape index (κ1) is 16.4. The predicted molar refractivity (Wildman–Crippen MR) is 69.3 cm³/mol. The predicted octanol–water partition coefficient (Wildman–Crippen LogP) is 1.71. The Bertz CT molecular complexity index is 514. The van der Waals surface area contributed by atoms with Gasteiger partial charge < -0.3 is 15.1 Å². The fraction of sp³-hybridized carbons (Fsp3) is 0.333. The monoisotopic (exact) mass is 302 g/mol. The summed E-state index contributed by atoms with van der Waals surface area (Å²) >= 11 is 0. The highest BCUT2D eigenvalue weighted by atomic mass is 31.2. The largest absolute Gasteiger partial charge is 0.481 e. The fourth-order valence-corrected chi connectivity index (χ4v) is 2.87. The molecule has 8 heteroatoms. The molecule has 0 heterocycles. The van der Waals surface area contributed by atoms with Crippen molar-refractivity contribution in [3.63, 3.8) is 0 Å². The van der Waals surface area contributed by atoms with Crippen molar-refractivity contribution in [1.82, 2.24) is 0 Å². The molecule has 20 heavy (non-hydrogen) atoms. The molecule has 0 amide bonds. The van der Waals surface area contributed by atoms with Gasteiger partial charge in [0.2, 0.25) is 0 Å². The second kappa shape index (κ2) is 7.19. The summed E-state index contributed by atoms with van der Waals surface area (Å²) in [6, 6.07) is 8.31. The molecule has 0 spiro atoms. The second-order valence-electron chi connectivity index (χ2n) is 4.15. The van der Waals surface area contributed by atoms with Crippen LogP contribution in [0.4, 0.5) is 0 Å². The van der Waals surface area contributed by atoms with Gasteiger partial charge in [0.25, 0.3) is 0 Å². The molecule has 1 aromatic rings. The zero-order valence-electron chi connectivity index (χ0n) is 10.5. The van der Waals surface area contributed by atoms with Gasteiger partial charge in [0, 0.05) is 6.42 Å². The zero-order valence-corrected chi connectivity index (χ0v) is 11.4. The molecule has 2 atom stereocenters. The summed E-state index contributed by atoms with van der Waals surface area (Å²) in [4.78, 5) is 31.0. The van der Waals surface area contributed by atoms with Crippen LogP contribution in [-0.2, 0) is 24.8 Å². The lowest BCUT2D eigenvalue weighted by Gasteiger charge is -2.17. The van der Waals surface area contributed by atoms with Crippen LogP contribution in [0.5, 0.6) is 0 Å². The van der Waals surface area contributed by atoms with Crippen LogP contribution in [0.25, 0.3) is 0 Å². The Labute approximate surface area is 115 Å². The smallest absolute Gasteiger partial charge is 0.333 e. The SMILES string of the molecule is O=C(O)CCC(OP(=O)(O)Cc1ccccc1)C(=O)O. The van der Waals surface area contributed by atoms with E-state index < -0.39 is 32.1 Å². The molecule has 0 aliphatic carbocycles. The van der Waals surface area contributed by atoms with Crippen molar-refractivity contribution in [2.24, 2.45) is 0 Å². The molecule has 1 rings (SSSR count). The minimum atomic E-state index is -4.16. The van der Waals surface area contributed by atoms with Crippen molar-refractivity contribution < 1.29 is 33.8 Å². The molecule has 0 saturated carbocycles. The minimum Gasteiger partial charge on any atom is -0.481 e. The van der Waals surface area contributed by atoms with Gasteiger partial charge in [-0.3, -0.25) is 13.9 Å². The third kappa shape index (κ3) is 5.97. The van der Waals surface area contributed by atoms with Gasteiger partial charge in [0.1, 0.15) is 0 Å². The Balaban J connectivity index is 2.68. The molecule has 7 nitrogen and oxygen atoms in total. The molecule has 110 valence electrons. The van der Waals surface area contributed by atoms with Crippen molar-refractivity contribution >= 4 is 19.5 Å². The van der Waals surface area contributed by atoms with Crippen LogP contribution in [0.2, 0.25) is 0 Å². The number of carboxylic acid groups (broad SMARTS) is 2. The lowest BCUT2D eigenvalue weighted by atomic mass is 10.2. The maximum absolute atomic E-state index is 11.9. The highest BCUT2D eigenvalue weighted by Crippen LogP contribution is 2.47. The van der Waals surface area contributed by atoms with Gasteiger partial charge in [-0.05, 0) is 12.0 Å². The number of carbonyl (C=O) groups is 2. The van der Waals surface area contributed by atoms with Crippen LogP contribution >= 0.6 is 7.60 Å². The van der Waals surface area contributed by atoms with Crippen LogP contribution in [0.1, 0.15) is 18.4 Å². The van der Waals surface area contributed by atoms with Gasteiger partial charge in [0.15, 0.2) is 6.10 Å². The number of carboxylic acids is 2. The molecular formula is C12H15O7P. The number of benzene rings is 1. The van der Waals surface area contributed by atoms with Crippen LogP contribution in [-0.4, -0.2) is 33.1 Å². The number of rotatable bonds is 8. The first-order valence-electron chi connectivity index (χ1n) is 5.79. The maximum atomic E-state index is 11.9. The standard InChI is InChI=1S/C12H15O7P/c13-11(14)7-6-10(12(15)16)19-20(17,18)8-9-4-2-1-3-5-9/h1-5,10H,6-8H2,(H,13,14)(H,15,16)(H,17,18). The molecule has 3 N–H and O–H groups in total. The molecule has 0 saturated heterocycles. The zero-order chi connectivity index (χ0) is 15.2. The normalized spacial score (nSPS) is 15.2. The minimum absolute atomic E-state index is 0.329. The highest BCUT2D eigenvalue weighted by molar-refractivity contribution is 7.52. The molecule has 0 aliphatic rings. The van der Waals surface area contributed by atoms with E-state index in [4.69, 9.17) is 14.7 Å². The summed E-state index contributed by atoms with van der Waals surface area (Å²) < 4.78 is 16.6. The van der Waals surface area contributed by atoms with Crippen molar-refractivity contribution in [1.29, 1.82) is 0 Å². The van der Waals surface area contributed by atoms with Crippen LogP contribution in [0.15, 0.2) is 30.3 Å². The Morgan fingerprint density at radius 3 is 2.30 bits per heavy atom. The highest BCUT2D eigenvalue weighted by Gasteiger charge is 2.30. The van der Waals surface area contributed by atoms with Crippen molar-refractivity contribution in [3.8, 4) is 0 Å². The molecule has 0 bridgehead atoms. The Hall–Kier alpha value is -1.69. The van der Waals surface area contributed by atoms with Gasteiger partial charge >= 0.3 is 19.5 Å². The lowest BCUT2D eigenvalue weighted by Crippen LogP contribution is -2.24. The summed E-state index contributed by atoms with van der Waals surface area (Å²) in [5.41, 5.74) is 0.528. The number of hydrogen-bond acceptors (Lipinski definition) is 4. The summed E-state index contributed by atoms with van der Waals surface area (Å²) in [7, 11) is -4.16. The average molecular weight is 302 g/mol. The van der Waals surface area contributed by atoms with Gasteiger partial charge in [-0.15, -0.1) is 0 Å². The van der Waals surface area contributed by atoms with E-state index in [2.05, 4.69) is 0 Å². The van der Waals surface area contributed by atoms with E-state index in [1.165, 1.54) is 0 Å². The average Bonchev–Trinajstić information content (AvgIpc) is 2.34. The first-order chi connectivity index (χ1) is 9.30. The van der Waals surface area contributed by atoms with E-state index >= 15 is 0 Å². The molecule has 0 fully saturated rings. The molecule has 0 radical (unpaired) electrons. The van der Waals surface area contributed by atoms with Gasteiger partial charge in [-0.2, -0.15) is 0 Å². The first-order valence-corrected chi connectivity index (χ1v) is 7.55. The lowest BCUT2D eigenvalue weighted by molar-refractivity contribution is -0.146. The van der Waals surface area contributed by atoms with E-state index in [-0.39, 0.29) is 12.6 Å². The third-order valence-electron chi connectivity index (χ3n) is 2.41. The summed E-state index contributed by atoms with van der Waals surface area (Å²) in [5, 5.41) is 17.4. The van der Waals surface area contributed by atoms with Crippen molar-refractivity contribution in [2.75, 3.05) is 0 Å². The second-order valence-corrected chi connectivity index (χ2v) is 5.95. The van der Waals surface area contributed by atoms with Crippen molar-refractivity contribution in [3.05, 3.63) is 35.9 Å². The van der Waals surface area contributed by atoms with Crippen LogP contribution in [0.3, 0.4) is 0 Å². The quantitative estimate of drug-likeness (QED) is 0.625. The number of hydrogen-bond donors (Lipinski definition) is 3. The summed E-state index contributed by atoms with van der Waals surface area (Å²) in [6.07, 6.45) is -2.78. The van der Waals surface area contributed by atoms with E-state index in [0.717, 1.165) is 0 Å². The molecular weight excluding hydrogens is 287 g/mol. The van der Waals surface area contributed by atoms with E-state index in [1.807, 2.05) is 0 Å². The maximum Gasteiger partial charge on any atom is 0.333 e. The Kier molecular flexibility index (Phi) is 5.88. The summed E-state index contributed by atoms with van der Waals surface area (Å²) in [5.74, 6) is -2.66. The number of aliphatic carboxylic acids is 2. The summed E-state index contributed by atoms with van der Waals surface area (Å²) in [6.45, 7) is 0. The topological polar surface area (TPSA) is 121 Å². The van der Waals surface area contributed by atoms with Crippen LogP contribution in [0, 0.1) is 0 Å². The molecule has 1 aromatic carbocycles. The molecule has 0 aromatic heterocycles. The molecule has 0 aliphatic heterocycles. The van der Waals surface area contributed by atoms with E-state index in [1.54, 1.807) is 30.3 Å². The fourth-order valence-electron chi connectivity index (χ4n) is 1.53. The van der Waals surface area contributed by atoms with Gasteiger partial charge in [0.05, 0.1) is 6.16 Å². The van der Waals surface area contributed by atoms with Crippen molar-refractivity contribution in [2.45, 2.75) is 25.1 Å². The van der Waals surface area contributed by atoms with Crippen LogP contribution < -0.4 is 0 Å². The Morgan fingerprint density at radius 2 is 1.80 bits per heavy atom.